The fourth-order valence-corrected chi connectivity index (χ4v) is 1.41. The van der Waals surface area contributed by atoms with Gasteiger partial charge < -0.3 is 9.47 Å². The number of H-pyrrole nitrogens is 1. The first kappa shape index (κ1) is 12.2. The van der Waals surface area contributed by atoms with Gasteiger partial charge in [-0.25, -0.2) is 5.10 Å². The summed E-state index contributed by atoms with van der Waals surface area (Å²) in [5.74, 6) is 1.60. The minimum absolute atomic E-state index is 0.306. The molecule has 94 valence electrons. The number of para-hydroxylation sites is 2. The first-order chi connectivity index (χ1) is 8.79. The maximum Gasteiger partial charge on any atom is 0.267 e. The van der Waals surface area contributed by atoms with Gasteiger partial charge in [-0.1, -0.05) is 19.1 Å². The molecule has 0 fully saturated rings. The second kappa shape index (κ2) is 5.86. The molecule has 0 spiro atoms. The summed E-state index contributed by atoms with van der Waals surface area (Å²) < 4.78 is 11.1. The van der Waals surface area contributed by atoms with Crippen LogP contribution in [0.5, 0.6) is 17.2 Å². The summed E-state index contributed by atoms with van der Waals surface area (Å²) in [7, 11) is 0. The van der Waals surface area contributed by atoms with E-state index in [-0.39, 0.29) is 5.56 Å². The predicted molar refractivity (Wildman–Crippen MR) is 67.2 cm³/mol. The van der Waals surface area contributed by atoms with Crippen LogP contribution in [0.4, 0.5) is 0 Å². The third kappa shape index (κ3) is 3.10. The van der Waals surface area contributed by atoms with Crippen LogP contribution in [0.3, 0.4) is 0 Å². The highest BCUT2D eigenvalue weighted by Gasteiger charge is 2.05. The normalized spacial score (nSPS) is 10.1. The Hall–Kier alpha value is -2.30. The molecule has 1 heterocycles. The number of hydrogen-bond acceptors (Lipinski definition) is 4. The van der Waals surface area contributed by atoms with Crippen LogP contribution in [0.25, 0.3) is 0 Å². The molecule has 18 heavy (non-hydrogen) atoms. The molecule has 0 aliphatic heterocycles. The van der Waals surface area contributed by atoms with Crippen molar-refractivity contribution in [2.24, 2.45) is 0 Å². The van der Waals surface area contributed by atoms with Gasteiger partial charge in [0.05, 0.1) is 12.8 Å². The molecule has 0 radical (unpaired) electrons. The van der Waals surface area contributed by atoms with Crippen LogP contribution in [0.2, 0.25) is 0 Å². The quantitative estimate of drug-likeness (QED) is 0.879. The Morgan fingerprint density at radius 1 is 1.28 bits per heavy atom. The average Bonchev–Trinajstić information content (AvgIpc) is 2.38. The Kier molecular flexibility index (Phi) is 3.96. The van der Waals surface area contributed by atoms with Crippen molar-refractivity contribution in [3.05, 3.63) is 46.9 Å². The summed E-state index contributed by atoms with van der Waals surface area (Å²) in [6.45, 7) is 2.65. The van der Waals surface area contributed by atoms with Crippen LogP contribution in [0, 0.1) is 0 Å². The largest absolute Gasteiger partial charge is 0.490 e. The number of hydrogen-bond donors (Lipinski definition) is 1. The molecule has 0 bridgehead atoms. The van der Waals surface area contributed by atoms with Gasteiger partial charge in [-0.3, -0.25) is 4.79 Å². The summed E-state index contributed by atoms with van der Waals surface area (Å²) in [4.78, 5) is 11.1. The molecule has 0 aliphatic rings. The number of nitrogens with one attached hydrogen (secondary N) is 1. The summed E-state index contributed by atoms with van der Waals surface area (Å²) in [6.07, 6.45) is 2.36. The zero-order chi connectivity index (χ0) is 12.8. The van der Waals surface area contributed by atoms with E-state index in [4.69, 9.17) is 9.47 Å². The Morgan fingerprint density at radius 3 is 2.78 bits per heavy atom. The highest BCUT2D eigenvalue weighted by atomic mass is 16.5. The number of aromatic amines is 1. The molecule has 0 saturated heterocycles. The maximum atomic E-state index is 11.1. The minimum atomic E-state index is -0.306. The van der Waals surface area contributed by atoms with Gasteiger partial charge in [-0.05, 0) is 18.6 Å². The monoisotopic (exact) mass is 246 g/mol. The summed E-state index contributed by atoms with van der Waals surface area (Å²) in [6, 6.07) is 8.66. The molecule has 0 aliphatic carbocycles. The number of rotatable bonds is 5. The molecular formula is C13H14N2O3. The molecule has 0 unspecified atom stereocenters. The lowest BCUT2D eigenvalue weighted by atomic mass is 10.3. The van der Waals surface area contributed by atoms with E-state index in [0.717, 1.165) is 6.42 Å². The van der Waals surface area contributed by atoms with Crippen LogP contribution in [-0.2, 0) is 0 Å². The van der Waals surface area contributed by atoms with Gasteiger partial charge in [-0.2, -0.15) is 5.10 Å². The van der Waals surface area contributed by atoms with Crippen molar-refractivity contribution < 1.29 is 9.47 Å². The van der Waals surface area contributed by atoms with Crippen LogP contribution in [0.15, 0.2) is 41.3 Å². The predicted octanol–water partition coefficient (Wildman–Crippen LogP) is 2.35. The Balaban J connectivity index is 2.20. The molecule has 5 nitrogen and oxygen atoms in total. The van der Waals surface area contributed by atoms with Crippen molar-refractivity contribution in [2.75, 3.05) is 6.61 Å². The van der Waals surface area contributed by atoms with E-state index < -0.39 is 0 Å². The van der Waals surface area contributed by atoms with Crippen LogP contribution < -0.4 is 15.0 Å². The van der Waals surface area contributed by atoms with Crippen molar-refractivity contribution in [1.29, 1.82) is 0 Å². The van der Waals surface area contributed by atoms with E-state index in [1.807, 2.05) is 25.1 Å². The third-order valence-electron chi connectivity index (χ3n) is 2.18. The van der Waals surface area contributed by atoms with E-state index in [1.165, 1.54) is 12.3 Å². The zero-order valence-electron chi connectivity index (χ0n) is 10.1. The standard InChI is InChI=1S/C13H14N2O3/c1-2-7-17-11-5-3-4-6-12(11)18-10-8-13(16)15-14-9-10/h3-6,8-9H,2,7H2,1H3,(H,15,16). The van der Waals surface area contributed by atoms with Crippen LogP contribution in [0.1, 0.15) is 13.3 Å². The molecule has 2 aromatic rings. The fourth-order valence-electron chi connectivity index (χ4n) is 1.41. The smallest absolute Gasteiger partial charge is 0.267 e. The third-order valence-corrected chi connectivity index (χ3v) is 2.18. The van der Waals surface area contributed by atoms with Gasteiger partial charge in [0.2, 0.25) is 0 Å². The molecule has 2 rings (SSSR count). The van der Waals surface area contributed by atoms with Crippen molar-refractivity contribution in [2.45, 2.75) is 13.3 Å². The molecule has 0 saturated carbocycles. The first-order valence-corrected chi connectivity index (χ1v) is 5.74. The van der Waals surface area contributed by atoms with E-state index in [0.29, 0.717) is 23.9 Å². The van der Waals surface area contributed by atoms with Gasteiger partial charge in [0.25, 0.3) is 5.56 Å². The van der Waals surface area contributed by atoms with E-state index in [1.54, 1.807) is 6.07 Å². The molecule has 5 heteroatoms. The maximum absolute atomic E-state index is 11.1. The first-order valence-electron chi connectivity index (χ1n) is 5.74. The van der Waals surface area contributed by atoms with Crippen molar-refractivity contribution in [3.8, 4) is 17.2 Å². The Morgan fingerprint density at radius 2 is 2.06 bits per heavy atom. The molecule has 0 atom stereocenters. The highest BCUT2D eigenvalue weighted by Crippen LogP contribution is 2.30. The summed E-state index contributed by atoms with van der Waals surface area (Å²) in [5, 5.41) is 5.96. The molecule has 1 aromatic heterocycles. The number of ether oxygens (including phenoxy) is 2. The van der Waals surface area contributed by atoms with Crippen LogP contribution in [-0.4, -0.2) is 16.8 Å². The fraction of sp³-hybridized carbons (Fsp3) is 0.231. The number of aromatic nitrogens is 2. The number of benzene rings is 1. The lowest BCUT2D eigenvalue weighted by molar-refractivity contribution is 0.302. The summed E-state index contributed by atoms with van der Waals surface area (Å²) in [5.41, 5.74) is -0.306. The molecule has 0 amide bonds. The topological polar surface area (TPSA) is 64.2 Å². The van der Waals surface area contributed by atoms with Crippen LogP contribution >= 0.6 is 0 Å². The molecule has 1 aromatic carbocycles. The highest BCUT2D eigenvalue weighted by molar-refractivity contribution is 5.42. The second-order valence-electron chi connectivity index (χ2n) is 3.68. The minimum Gasteiger partial charge on any atom is -0.490 e. The average molecular weight is 246 g/mol. The number of nitrogens with zero attached hydrogens (tertiary/aromatic N) is 1. The van der Waals surface area contributed by atoms with E-state index in [2.05, 4.69) is 10.2 Å². The SMILES string of the molecule is CCCOc1ccccc1Oc1cn[nH]c(=O)c1. The zero-order valence-corrected chi connectivity index (χ0v) is 10.1. The lowest BCUT2D eigenvalue weighted by Crippen LogP contribution is -2.05. The second-order valence-corrected chi connectivity index (χ2v) is 3.68. The van der Waals surface area contributed by atoms with Gasteiger partial charge in [0.15, 0.2) is 17.2 Å². The van der Waals surface area contributed by atoms with E-state index >= 15 is 0 Å². The van der Waals surface area contributed by atoms with Crippen molar-refractivity contribution in [1.82, 2.24) is 10.2 Å². The van der Waals surface area contributed by atoms with Gasteiger partial charge in [0.1, 0.15) is 0 Å². The Labute approximate surface area is 104 Å². The molecule has 1 N–H and O–H groups in total. The van der Waals surface area contributed by atoms with Crippen molar-refractivity contribution in [3.63, 3.8) is 0 Å². The van der Waals surface area contributed by atoms with Crippen molar-refractivity contribution >= 4 is 0 Å². The lowest BCUT2D eigenvalue weighted by Gasteiger charge is -2.11. The summed E-state index contributed by atoms with van der Waals surface area (Å²) >= 11 is 0. The van der Waals surface area contributed by atoms with Gasteiger partial charge in [0, 0.05) is 6.07 Å². The van der Waals surface area contributed by atoms with E-state index in [9.17, 15) is 4.79 Å². The molecular weight excluding hydrogens is 232 g/mol. The van der Waals surface area contributed by atoms with Gasteiger partial charge in [-0.15, -0.1) is 0 Å². The Bertz CT molecular complexity index is 566. The van der Waals surface area contributed by atoms with Gasteiger partial charge >= 0.3 is 0 Å².